The van der Waals surface area contributed by atoms with E-state index >= 15 is 0 Å². The zero-order valence-corrected chi connectivity index (χ0v) is 12.2. The van der Waals surface area contributed by atoms with Gasteiger partial charge in [0.15, 0.2) is 5.15 Å². The number of aromatic nitrogens is 1. The Morgan fingerprint density at radius 2 is 2.00 bits per heavy atom. The van der Waals surface area contributed by atoms with Gasteiger partial charge in [0, 0.05) is 6.20 Å². The van der Waals surface area contributed by atoms with Gasteiger partial charge in [-0.15, -0.1) is 0 Å². The SMILES string of the molecule is N#Cc1ccc(S(=O)(=O)Nc2cccnc2Cl)c(Cl)c1. The molecule has 0 unspecified atom stereocenters. The van der Waals surface area contributed by atoms with Crippen molar-refractivity contribution in [2.75, 3.05) is 4.72 Å². The number of hydrogen-bond acceptors (Lipinski definition) is 4. The number of nitrogens with one attached hydrogen (secondary N) is 1. The number of benzene rings is 1. The molecule has 1 N–H and O–H groups in total. The molecule has 1 heterocycles. The lowest BCUT2D eigenvalue weighted by Crippen LogP contribution is -2.14. The number of rotatable bonds is 3. The summed E-state index contributed by atoms with van der Waals surface area (Å²) in [5.74, 6) is 0. The molecule has 0 saturated heterocycles. The van der Waals surface area contributed by atoms with Crippen molar-refractivity contribution in [3.8, 4) is 6.07 Å². The molecule has 1 aromatic carbocycles. The summed E-state index contributed by atoms with van der Waals surface area (Å²) in [7, 11) is -3.91. The van der Waals surface area contributed by atoms with E-state index < -0.39 is 10.0 Å². The Balaban J connectivity index is 2.42. The fourth-order valence-electron chi connectivity index (χ4n) is 1.45. The summed E-state index contributed by atoms with van der Waals surface area (Å²) in [6, 6.07) is 8.80. The molecule has 0 fully saturated rings. The van der Waals surface area contributed by atoms with Crippen LogP contribution in [0.4, 0.5) is 5.69 Å². The van der Waals surface area contributed by atoms with Crippen LogP contribution in [0.15, 0.2) is 41.4 Å². The summed E-state index contributed by atoms with van der Waals surface area (Å²) in [4.78, 5) is 3.63. The molecule has 0 aliphatic rings. The molecule has 102 valence electrons. The van der Waals surface area contributed by atoms with Crippen molar-refractivity contribution < 1.29 is 8.42 Å². The van der Waals surface area contributed by atoms with Gasteiger partial charge in [0.05, 0.1) is 22.3 Å². The molecule has 0 saturated carbocycles. The predicted molar refractivity (Wildman–Crippen MR) is 76.2 cm³/mol. The Morgan fingerprint density at radius 3 is 2.60 bits per heavy atom. The fraction of sp³-hybridized carbons (Fsp3) is 0. The van der Waals surface area contributed by atoms with Crippen molar-refractivity contribution >= 4 is 38.9 Å². The molecule has 20 heavy (non-hydrogen) atoms. The van der Waals surface area contributed by atoms with E-state index in [0.717, 1.165) is 0 Å². The third kappa shape index (κ3) is 3.02. The van der Waals surface area contributed by atoms with Crippen LogP contribution in [0, 0.1) is 11.3 Å². The number of pyridine rings is 1. The molecular weight excluding hydrogens is 321 g/mol. The topological polar surface area (TPSA) is 82.8 Å². The monoisotopic (exact) mass is 327 g/mol. The van der Waals surface area contributed by atoms with Gasteiger partial charge in [-0.1, -0.05) is 23.2 Å². The molecule has 5 nitrogen and oxygen atoms in total. The second kappa shape index (κ2) is 5.67. The summed E-state index contributed by atoms with van der Waals surface area (Å²) in [5.41, 5.74) is 0.419. The number of sulfonamides is 1. The van der Waals surface area contributed by atoms with Crippen LogP contribution in [0.1, 0.15) is 5.56 Å². The standard InChI is InChI=1S/C12H7Cl2N3O2S/c13-9-6-8(7-15)3-4-11(9)20(18,19)17-10-2-1-5-16-12(10)14/h1-6,17H. The Bertz CT molecular complexity index is 801. The third-order valence-electron chi connectivity index (χ3n) is 2.35. The lowest BCUT2D eigenvalue weighted by molar-refractivity contribution is 0.601. The van der Waals surface area contributed by atoms with Gasteiger partial charge >= 0.3 is 0 Å². The van der Waals surface area contributed by atoms with Crippen LogP contribution in [0.5, 0.6) is 0 Å². The van der Waals surface area contributed by atoms with Crippen LogP contribution in [0.3, 0.4) is 0 Å². The Labute approximate surface area is 125 Å². The molecule has 0 bridgehead atoms. The number of anilines is 1. The van der Waals surface area contributed by atoms with Gasteiger partial charge in [-0.25, -0.2) is 13.4 Å². The van der Waals surface area contributed by atoms with E-state index in [9.17, 15) is 8.42 Å². The van der Waals surface area contributed by atoms with E-state index in [1.807, 2.05) is 6.07 Å². The summed E-state index contributed by atoms with van der Waals surface area (Å²) >= 11 is 11.7. The second-order valence-electron chi connectivity index (χ2n) is 3.70. The smallest absolute Gasteiger partial charge is 0.263 e. The van der Waals surface area contributed by atoms with E-state index in [1.165, 1.54) is 30.5 Å². The molecule has 2 rings (SSSR count). The molecular formula is C12H7Cl2N3O2S. The fourth-order valence-corrected chi connectivity index (χ4v) is 3.29. The maximum absolute atomic E-state index is 12.2. The maximum atomic E-state index is 12.2. The lowest BCUT2D eigenvalue weighted by Gasteiger charge is -2.10. The highest BCUT2D eigenvalue weighted by atomic mass is 35.5. The minimum Gasteiger partial charge on any atom is -0.276 e. The number of halogens is 2. The van der Waals surface area contributed by atoms with Crippen LogP contribution in [0.2, 0.25) is 10.2 Å². The van der Waals surface area contributed by atoms with E-state index in [2.05, 4.69) is 9.71 Å². The number of nitriles is 1. The van der Waals surface area contributed by atoms with Crippen LogP contribution < -0.4 is 4.72 Å². The minimum atomic E-state index is -3.91. The van der Waals surface area contributed by atoms with Crippen LogP contribution in [0.25, 0.3) is 0 Å². The molecule has 0 aliphatic carbocycles. The first-order chi connectivity index (χ1) is 9.44. The van der Waals surface area contributed by atoms with Crippen LogP contribution in [-0.4, -0.2) is 13.4 Å². The van der Waals surface area contributed by atoms with Crippen LogP contribution in [-0.2, 0) is 10.0 Å². The van der Waals surface area contributed by atoms with Gasteiger partial charge in [0.1, 0.15) is 4.90 Å². The van der Waals surface area contributed by atoms with E-state index in [0.29, 0.717) is 0 Å². The Morgan fingerprint density at radius 1 is 1.25 bits per heavy atom. The van der Waals surface area contributed by atoms with Crippen molar-refractivity contribution in [1.29, 1.82) is 5.26 Å². The maximum Gasteiger partial charge on any atom is 0.263 e. The van der Waals surface area contributed by atoms with E-state index in [1.54, 1.807) is 6.07 Å². The quantitative estimate of drug-likeness (QED) is 0.878. The molecule has 8 heteroatoms. The largest absolute Gasteiger partial charge is 0.276 e. The molecule has 0 atom stereocenters. The third-order valence-corrected chi connectivity index (χ3v) is 4.50. The van der Waals surface area contributed by atoms with Gasteiger partial charge in [-0.05, 0) is 30.3 Å². The van der Waals surface area contributed by atoms with Gasteiger partial charge in [-0.3, -0.25) is 4.72 Å². The Kier molecular flexibility index (Phi) is 4.14. The van der Waals surface area contributed by atoms with Crippen molar-refractivity contribution in [3.63, 3.8) is 0 Å². The highest BCUT2D eigenvalue weighted by Gasteiger charge is 2.19. The zero-order valence-electron chi connectivity index (χ0n) is 9.84. The highest BCUT2D eigenvalue weighted by Crippen LogP contribution is 2.26. The molecule has 0 amide bonds. The van der Waals surface area contributed by atoms with Crippen molar-refractivity contribution in [3.05, 3.63) is 52.3 Å². The predicted octanol–water partition coefficient (Wildman–Crippen LogP) is 3.06. The van der Waals surface area contributed by atoms with Gasteiger partial charge in [0.25, 0.3) is 10.0 Å². The molecule has 0 aliphatic heterocycles. The van der Waals surface area contributed by atoms with E-state index in [-0.39, 0.29) is 26.3 Å². The first kappa shape index (κ1) is 14.6. The van der Waals surface area contributed by atoms with Crippen LogP contribution >= 0.6 is 23.2 Å². The molecule has 0 radical (unpaired) electrons. The number of hydrogen-bond donors (Lipinski definition) is 1. The van der Waals surface area contributed by atoms with Crippen molar-refractivity contribution in [2.45, 2.75) is 4.90 Å². The number of nitrogens with zero attached hydrogens (tertiary/aromatic N) is 2. The van der Waals surface area contributed by atoms with Crippen molar-refractivity contribution in [1.82, 2.24) is 4.98 Å². The zero-order chi connectivity index (χ0) is 14.8. The van der Waals surface area contributed by atoms with Gasteiger partial charge in [0.2, 0.25) is 0 Å². The average molecular weight is 328 g/mol. The van der Waals surface area contributed by atoms with Gasteiger partial charge < -0.3 is 0 Å². The minimum absolute atomic E-state index is 0.0286. The molecule has 2 aromatic rings. The molecule has 0 spiro atoms. The summed E-state index contributed by atoms with van der Waals surface area (Å²) in [5, 5.41) is 8.71. The second-order valence-corrected chi connectivity index (χ2v) is 6.12. The lowest BCUT2D eigenvalue weighted by atomic mass is 10.2. The van der Waals surface area contributed by atoms with Gasteiger partial charge in [-0.2, -0.15) is 5.26 Å². The summed E-state index contributed by atoms with van der Waals surface area (Å²) < 4.78 is 26.7. The molecule has 1 aromatic heterocycles. The average Bonchev–Trinajstić information content (AvgIpc) is 2.40. The first-order valence-corrected chi connectivity index (χ1v) is 7.51. The first-order valence-electron chi connectivity index (χ1n) is 5.27. The summed E-state index contributed by atoms with van der Waals surface area (Å²) in [6.07, 6.45) is 1.44. The summed E-state index contributed by atoms with van der Waals surface area (Å²) in [6.45, 7) is 0. The highest BCUT2D eigenvalue weighted by molar-refractivity contribution is 7.92. The Hall–Kier alpha value is -1.81. The normalized spacial score (nSPS) is 10.8. The van der Waals surface area contributed by atoms with E-state index in [4.69, 9.17) is 28.5 Å². The van der Waals surface area contributed by atoms with Crippen molar-refractivity contribution in [2.24, 2.45) is 0 Å².